The highest BCUT2D eigenvalue weighted by atomic mass is 19.1. The third kappa shape index (κ3) is 5.22. The number of ketones is 1. The summed E-state index contributed by atoms with van der Waals surface area (Å²) in [4.78, 5) is 26.1. The van der Waals surface area contributed by atoms with Crippen molar-refractivity contribution >= 4 is 17.4 Å². The Kier molecular flexibility index (Phi) is 6.88. The van der Waals surface area contributed by atoms with Crippen LogP contribution in [0.2, 0.25) is 0 Å². The van der Waals surface area contributed by atoms with E-state index >= 15 is 0 Å². The molecule has 2 aliphatic carbocycles. The average Bonchev–Trinajstić information content (AvgIpc) is 3.25. The molecule has 3 fully saturated rings. The van der Waals surface area contributed by atoms with Crippen LogP contribution >= 0.6 is 0 Å². The summed E-state index contributed by atoms with van der Waals surface area (Å²) in [6, 6.07) is -0.410. The number of nitrogens with zero attached hydrogens (tertiary/aromatic N) is 2. The van der Waals surface area contributed by atoms with E-state index in [1.165, 1.54) is 36.3 Å². The van der Waals surface area contributed by atoms with Crippen LogP contribution in [0.1, 0.15) is 40.0 Å². The zero-order valence-electron chi connectivity index (χ0n) is 19.5. The predicted octanol–water partition coefficient (Wildman–Crippen LogP) is 3.19. The van der Waals surface area contributed by atoms with Gasteiger partial charge < -0.3 is 16.4 Å². The number of nitrogens with two attached hydrogens (primary N) is 2. The Morgan fingerprint density at radius 2 is 1.97 bits per heavy atom. The Morgan fingerprint density at radius 3 is 2.42 bits per heavy atom. The topological polar surface area (TPSA) is 117 Å². The van der Waals surface area contributed by atoms with Crippen LogP contribution in [-0.2, 0) is 9.59 Å². The van der Waals surface area contributed by atoms with Crippen molar-refractivity contribution in [1.29, 1.82) is 5.41 Å². The maximum absolute atomic E-state index is 13.7. The number of carbonyl (C=O) groups excluding carboxylic acids is 2. The highest BCUT2D eigenvalue weighted by Crippen LogP contribution is 2.48. The van der Waals surface area contributed by atoms with E-state index in [-0.39, 0.29) is 11.5 Å². The van der Waals surface area contributed by atoms with Crippen molar-refractivity contribution in [3.05, 3.63) is 71.1 Å². The van der Waals surface area contributed by atoms with Gasteiger partial charge in [-0.05, 0) is 51.3 Å². The molecule has 0 aromatic carbocycles. The fraction of sp³-hybridized carbons (Fsp3) is 0.400. The lowest BCUT2D eigenvalue weighted by Gasteiger charge is -2.56. The second kappa shape index (κ2) is 9.31. The minimum Gasteiger partial charge on any atom is -0.385 e. The zero-order valence-corrected chi connectivity index (χ0v) is 19.5. The van der Waals surface area contributed by atoms with Crippen LogP contribution in [-0.4, -0.2) is 46.3 Å². The molecule has 1 saturated heterocycles. The number of amides is 1. The molecule has 5 N–H and O–H groups in total. The van der Waals surface area contributed by atoms with E-state index in [2.05, 4.69) is 6.58 Å². The minimum absolute atomic E-state index is 0.110. The van der Waals surface area contributed by atoms with Crippen molar-refractivity contribution in [3.8, 4) is 0 Å². The summed E-state index contributed by atoms with van der Waals surface area (Å²) in [6.07, 6.45) is 11.2. The van der Waals surface area contributed by atoms with Gasteiger partial charge in [-0.3, -0.25) is 19.9 Å². The van der Waals surface area contributed by atoms with E-state index in [1.54, 1.807) is 13.0 Å². The summed E-state index contributed by atoms with van der Waals surface area (Å²) in [5.41, 5.74) is 14.9. The van der Waals surface area contributed by atoms with Crippen molar-refractivity contribution in [3.63, 3.8) is 0 Å². The molecule has 8 heteroatoms. The second-order valence-electron chi connectivity index (χ2n) is 9.13. The van der Waals surface area contributed by atoms with Crippen LogP contribution in [0.4, 0.5) is 4.39 Å². The smallest absolute Gasteiger partial charge is 0.258 e. The Labute approximate surface area is 194 Å². The van der Waals surface area contributed by atoms with Crippen LogP contribution in [0.3, 0.4) is 0 Å². The highest BCUT2D eigenvalue weighted by Gasteiger charge is 2.47. The number of Topliss-reactive ketones (excluding diaryl/α,β-unsaturated/α-hetero) is 1. The molecule has 0 aromatic heterocycles. The molecule has 2 saturated carbocycles. The van der Waals surface area contributed by atoms with E-state index in [1.807, 2.05) is 24.8 Å². The van der Waals surface area contributed by atoms with Gasteiger partial charge in [0.15, 0.2) is 0 Å². The van der Waals surface area contributed by atoms with E-state index < -0.39 is 17.8 Å². The summed E-state index contributed by atoms with van der Waals surface area (Å²) in [6.45, 7) is 11.2. The fourth-order valence-electron chi connectivity index (χ4n) is 4.06. The van der Waals surface area contributed by atoms with Gasteiger partial charge in [-0.15, -0.1) is 0 Å². The zero-order chi connectivity index (χ0) is 24.5. The second-order valence-corrected chi connectivity index (χ2v) is 9.13. The Bertz CT molecular complexity index is 1030. The quantitative estimate of drug-likeness (QED) is 0.565. The van der Waals surface area contributed by atoms with E-state index in [0.717, 1.165) is 24.9 Å². The Hall–Kier alpha value is -3.26. The number of likely N-dealkylation sites (tertiary alicyclic amines) is 1. The maximum atomic E-state index is 13.7. The standard InChI is InChI=1S/C17H23FN4O.C8H9NO/c1-11(19)14-6-13(18)8-22(12(14)2)16(23)7-15(20)21-9-17(10-21)4-3-5-17;1-3-5(2)4-6-7(9)8(6)10/h6-8,11H,2-5,9-10,19-20H2,1H3;3-4,9H,1-2H3/b15-7+;5-3-,6-4+,9-7?. The lowest BCUT2D eigenvalue weighted by atomic mass is 9.63. The maximum Gasteiger partial charge on any atom is 0.258 e. The van der Waals surface area contributed by atoms with Gasteiger partial charge in [0.25, 0.3) is 5.91 Å². The molecule has 4 aliphatic rings. The Morgan fingerprint density at radius 1 is 1.36 bits per heavy atom. The van der Waals surface area contributed by atoms with E-state index in [0.29, 0.717) is 28.1 Å². The van der Waals surface area contributed by atoms with Gasteiger partial charge in [0.1, 0.15) is 17.4 Å². The first-order valence-electron chi connectivity index (χ1n) is 11.1. The number of allylic oxidation sites excluding steroid dienone is 6. The molecule has 0 bridgehead atoms. The van der Waals surface area contributed by atoms with Crippen LogP contribution < -0.4 is 11.5 Å². The normalized spacial score (nSPS) is 23.9. The van der Waals surface area contributed by atoms with Gasteiger partial charge in [0.2, 0.25) is 5.78 Å². The summed E-state index contributed by atoms with van der Waals surface area (Å²) in [5, 5.41) is 7.00. The van der Waals surface area contributed by atoms with Gasteiger partial charge in [-0.1, -0.05) is 24.6 Å². The molecular formula is C25H32FN5O2. The van der Waals surface area contributed by atoms with Gasteiger partial charge in [-0.2, -0.15) is 0 Å². The van der Waals surface area contributed by atoms with Gasteiger partial charge in [0.05, 0.1) is 5.57 Å². The van der Waals surface area contributed by atoms with Crippen LogP contribution in [0.25, 0.3) is 0 Å². The van der Waals surface area contributed by atoms with Crippen LogP contribution in [0.5, 0.6) is 0 Å². The number of halogens is 1. The van der Waals surface area contributed by atoms with Crippen LogP contribution in [0.15, 0.2) is 71.1 Å². The molecule has 1 amide bonds. The minimum atomic E-state index is -0.526. The summed E-state index contributed by atoms with van der Waals surface area (Å²) in [5.74, 6) is -0.627. The SMILES string of the molecule is C/C=C(C)\C=C1/C(=N)C1=O.C=C1C(C(C)N)=CC(F)=CN1C(=O)/C=C(\N)N1CC2(CCC2)C1. The molecule has 4 rings (SSSR count). The highest BCUT2D eigenvalue weighted by molar-refractivity contribution is 6.75. The first-order chi connectivity index (χ1) is 15.5. The lowest BCUT2D eigenvalue weighted by Crippen LogP contribution is -2.60. The molecule has 1 unspecified atom stereocenters. The van der Waals surface area contributed by atoms with Crippen LogP contribution in [0, 0.1) is 10.8 Å². The first-order valence-corrected chi connectivity index (χ1v) is 11.1. The summed E-state index contributed by atoms with van der Waals surface area (Å²) < 4.78 is 13.7. The number of hydrogen-bond acceptors (Lipinski definition) is 6. The van der Waals surface area contributed by atoms with E-state index in [9.17, 15) is 14.0 Å². The number of rotatable bonds is 4. The fourth-order valence-corrected chi connectivity index (χ4v) is 4.06. The molecule has 2 aliphatic heterocycles. The van der Waals surface area contributed by atoms with Crippen molar-refractivity contribution in [1.82, 2.24) is 9.80 Å². The molecule has 2 heterocycles. The van der Waals surface area contributed by atoms with E-state index in [4.69, 9.17) is 16.9 Å². The molecule has 1 atom stereocenters. The monoisotopic (exact) mass is 453 g/mol. The molecule has 0 radical (unpaired) electrons. The third-order valence-electron chi connectivity index (χ3n) is 6.51. The number of nitrogens with one attached hydrogen (secondary N) is 1. The van der Waals surface area contributed by atoms with Gasteiger partial charge in [-0.25, -0.2) is 4.39 Å². The summed E-state index contributed by atoms with van der Waals surface area (Å²) in [7, 11) is 0. The third-order valence-corrected chi connectivity index (χ3v) is 6.51. The van der Waals surface area contributed by atoms with Gasteiger partial charge in [0, 0.05) is 42.5 Å². The summed E-state index contributed by atoms with van der Waals surface area (Å²) >= 11 is 0. The van der Waals surface area contributed by atoms with Crippen molar-refractivity contribution in [2.75, 3.05) is 13.1 Å². The molecule has 176 valence electrons. The Balaban J connectivity index is 0.000000257. The number of carbonyl (C=O) groups is 2. The van der Waals surface area contributed by atoms with Crippen molar-refractivity contribution in [2.24, 2.45) is 16.9 Å². The van der Waals surface area contributed by atoms with Crippen molar-refractivity contribution < 1.29 is 14.0 Å². The number of hydrogen-bond donors (Lipinski definition) is 3. The largest absolute Gasteiger partial charge is 0.385 e. The average molecular weight is 454 g/mol. The lowest BCUT2D eigenvalue weighted by molar-refractivity contribution is -0.122. The predicted molar refractivity (Wildman–Crippen MR) is 127 cm³/mol. The molecular weight excluding hydrogens is 421 g/mol. The molecule has 0 aromatic rings. The molecule has 1 spiro atoms. The van der Waals surface area contributed by atoms with Gasteiger partial charge >= 0.3 is 0 Å². The van der Waals surface area contributed by atoms with Crippen molar-refractivity contribution in [2.45, 2.75) is 46.1 Å². The molecule has 33 heavy (non-hydrogen) atoms. The first kappa shape index (κ1) is 24.4. The molecule has 7 nitrogen and oxygen atoms in total.